The molecule has 0 saturated carbocycles. The molecule has 5 heteroatoms. The minimum atomic E-state index is -0.916. The van der Waals surface area contributed by atoms with Crippen LogP contribution in [0.2, 0.25) is 5.02 Å². The van der Waals surface area contributed by atoms with Gasteiger partial charge >= 0.3 is 5.97 Å². The van der Waals surface area contributed by atoms with Crippen LogP contribution in [0.5, 0.6) is 5.75 Å². The maximum absolute atomic E-state index is 10.8. The Bertz CT molecular complexity index is 563. The van der Waals surface area contributed by atoms with Gasteiger partial charge in [0.15, 0.2) is 0 Å². The summed E-state index contributed by atoms with van der Waals surface area (Å²) in [7, 11) is 1.55. The molecule has 0 atom stereocenters. The molecule has 0 radical (unpaired) electrons. The molecule has 2 rings (SSSR count). The smallest absolute Gasteiger partial charge is 0.345 e. The number of rotatable bonds is 3. The van der Waals surface area contributed by atoms with Crippen LogP contribution in [0.15, 0.2) is 30.3 Å². The average Bonchev–Trinajstić information content (AvgIpc) is 2.78. The highest BCUT2D eigenvalue weighted by Gasteiger charge is 2.09. The van der Waals surface area contributed by atoms with Gasteiger partial charge in [-0.05, 0) is 35.9 Å². The summed E-state index contributed by atoms with van der Waals surface area (Å²) in [6, 6.07) is 8.73. The summed E-state index contributed by atoms with van der Waals surface area (Å²) >= 11 is 7.23. The summed E-state index contributed by atoms with van der Waals surface area (Å²) in [5, 5.41) is 9.36. The number of aromatic carboxylic acids is 1. The van der Waals surface area contributed by atoms with Gasteiger partial charge in [-0.3, -0.25) is 0 Å². The third-order valence-electron chi connectivity index (χ3n) is 2.25. The van der Waals surface area contributed by atoms with Crippen molar-refractivity contribution >= 4 is 28.9 Å². The lowest BCUT2D eigenvalue weighted by Crippen LogP contribution is -1.89. The van der Waals surface area contributed by atoms with Crippen LogP contribution in [0.4, 0.5) is 0 Å². The monoisotopic (exact) mass is 268 g/mol. The van der Waals surface area contributed by atoms with E-state index in [0.29, 0.717) is 15.6 Å². The Morgan fingerprint density at radius 3 is 2.65 bits per heavy atom. The molecular formula is C12H9ClO3S. The van der Waals surface area contributed by atoms with Crippen LogP contribution in [0.25, 0.3) is 10.4 Å². The molecule has 0 aliphatic carbocycles. The molecule has 88 valence electrons. The van der Waals surface area contributed by atoms with Gasteiger partial charge < -0.3 is 9.84 Å². The molecule has 3 nitrogen and oxygen atoms in total. The largest absolute Gasteiger partial charge is 0.495 e. The van der Waals surface area contributed by atoms with Crippen molar-refractivity contribution in [3.8, 4) is 16.2 Å². The quantitative estimate of drug-likeness (QED) is 0.922. The minimum Gasteiger partial charge on any atom is -0.495 e. The summed E-state index contributed by atoms with van der Waals surface area (Å²) in [4.78, 5) is 12.0. The molecule has 1 aromatic heterocycles. The first-order valence-corrected chi connectivity index (χ1v) is 5.98. The van der Waals surface area contributed by atoms with Gasteiger partial charge in [-0.15, -0.1) is 11.3 Å². The first kappa shape index (κ1) is 12.0. The molecule has 0 spiro atoms. The van der Waals surface area contributed by atoms with Crippen LogP contribution >= 0.6 is 22.9 Å². The lowest BCUT2D eigenvalue weighted by atomic mass is 10.2. The second-order valence-corrected chi connectivity index (χ2v) is 4.81. The molecule has 1 heterocycles. The van der Waals surface area contributed by atoms with E-state index in [9.17, 15) is 4.79 Å². The van der Waals surface area contributed by atoms with Crippen molar-refractivity contribution in [3.05, 3.63) is 40.2 Å². The normalized spacial score (nSPS) is 10.2. The first-order valence-electron chi connectivity index (χ1n) is 4.79. The predicted molar refractivity (Wildman–Crippen MR) is 68.3 cm³/mol. The van der Waals surface area contributed by atoms with Gasteiger partial charge in [-0.1, -0.05) is 11.6 Å². The molecule has 0 saturated heterocycles. The minimum absolute atomic E-state index is 0.312. The van der Waals surface area contributed by atoms with Gasteiger partial charge in [-0.2, -0.15) is 0 Å². The highest BCUT2D eigenvalue weighted by Crippen LogP contribution is 2.33. The molecule has 0 aliphatic heterocycles. The fourth-order valence-corrected chi connectivity index (χ4v) is 2.53. The number of carboxylic acids is 1. The lowest BCUT2D eigenvalue weighted by molar-refractivity contribution is 0.0702. The second kappa shape index (κ2) is 4.77. The van der Waals surface area contributed by atoms with Crippen molar-refractivity contribution in [3.63, 3.8) is 0 Å². The van der Waals surface area contributed by atoms with Gasteiger partial charge in [0.1, 0.15) is 10.6 Å². The number of thiophene rings is 1. The highest BCUT2D eigenvalue weighted by molar-refractivity contribution is 7.17. The van der Waals surface area contributed by atoms with E-state index in [1.807, 2.05) is 6.07 Å². The average molecular weight is 269 g/mol. The van der Waals surface area contributed by atoms with Crippen LogP contribution < -0.4 is 4.74 Å². The summed E-state index contributed by atoms with van der Waals surface area (Å²) in [6.45, 7) is 0. The second-order valence-electron chi connectivity index (χ2n) is 3.32. The molecule has 0 unspecified atom stereocenters. The molecule has 0 fully saturated rings. The maximum atomic E-state index is 10.8. The topological polar surface area (TPSA) is 46.5 Å². The van der Waals surface area contributed by atoms with Gasteiger partial charge in [0.25, 0.3) is 0 Å². The van der Waals surface area contributed by atoms with Crippen LogP contribution in [0, 0.1) is 0 Å². The molecule has 0 bridgehead atoms. The number of methoxy groups -OCH3 is 1. The van der Waals surface area contributed by atoms with E-state index in [1.165, 1.54) is 11.3 Å². The fourth-order valence-electron chi connectivity index (χ4n) is 1.43. The van der Waals surface area contributed by atoms with E-state index in [-0.39, 0.29) is 0 Å². The highest BCUT2D eigenvalue weighted by atomic mass is 35.5. The van der Waals surface area contributed by atoms with Crippen molar-refractivity contribution in [2.45, 2.75) is 0 Å². The molecule has 0 aliphatic rings. The Hall–Kier alpha value is -1.52. The predicted octanol–water partition coefficient (Wildman–Crippen LogP) is 3.78. The number of hydrogen-bond donors (Lipinski definition) is 1. The lowest BCUT2D eigenvalue weighted by Gasteiger charge is -2.04. The Labute approximate surface area is 107 Å². The summed E-state index contributed by atoms with van der Waals surface area (Å²) < 4.78 is 5.06. The molecule has 2 aromatic rings. The number of hydrogen-bond acceptors (Lipinski definition) is 3. The van der Waals surface area contributed by atoms with Crippen LogP contribution in [-0.4, -0.2) is 18.2 Å². The molecule has 1 aromatic carbocycles. The van der Waals surface area contributed by atoms with Crippen molar-refractivity contribution in [1.82, 2.24) is 0 Å². The van der Waals surface area contributed by atoms with Crippen molar-refractivity contribution in [1.29, 1.82) is 0 Å². The van der Waals surface area contributed by atoms with Crippen molar-refractivity contribution in [2.24, 2.45) is 0 Å². The van der Waals surface area contributed by atoms with Crippen LogP contribution in [0.1, 0.15) is 9.67 Å². The Kier molecular flexibility index (Phi) is 3.36. The Morgan fingerprint density at radius 2 is 2.12 bits per heavy atom. The molecule has 17 heavy (non-hydrogen) atoms. The molecular weight excluding hydrogens is 260 g/mol. The SMILES string of the molecule is COc1ccc(-c2ccc(C(=O)O)s2)cc1Cl. The van der Waals surface area contributed by atoms with Gasteiger partial charge in [0, 0.05) is 4.88 Å². The number of carbonyl (C=O) groups is 1. The van der Waals surface area contributed by atoms with E-state index in [2.05, 4.69) is 0 Å². The summed E-state index contributed by atoms with van der Waals surface area (Å²) in [5.41, 5.74) is 0.883. The third kappa shape index (κ3) is 2.43. The van der Waals surface area contributed by atoms with Gasteiger partial charge in [-0.25, -0.2) is 4.79 Å². The van der Waals surface area contributed by atoms with Crippen molar-refractivity contribution in [2.75, 3.05) is 7.11 Å². The third-order valence-corrected chi connectivity index (χ3v) is 3.67. The summed E-state index contributed by atoms with van der Waals surface area (Å²) in [5.74, 6) is -0.314. The number of carboxylic acid groups (broad SMARTS) is 1. The van der Waals surface area contributed by atoms with Crippen LogP contribution in [0.3, 0.4) is 0 Å². The zero-order valence-corrected chi connectivity index (χ0v) is 10.5. The fraction of sp³-hybridized carbons (Fsp3) is 0.0833. The maximum Gasteiger partial charge on any atom is 0.345 e. The van der Waals surface area contributed by atoms with Crippen LogP contribution in [-0.2, 0) is 0 Å². The van der Waals surface area contributed by atoms with E-state index in [0.717, 1.165) is 10.4 Å². The van der Waals surface area contributed by atoms with Crippen molar-refractivity contribution < 1.29 is 14.6 Å². The van der Waals surface area contributed by atoms with E-state index in [1.54, 1.807) is 31.4 Å². The Morgan fingerprint density at radius 1 is 1.35 bits per heavy atom. The standard InChI is InChI=1S/C12H9ClO3S/c1-16-9-3-2-7(6-8(9)13)10-4-5-11(17-10)12(14)15/h2-6H,1H3,(H,14,15). The Balaban J connectivity index is 2.39. The van der Waals surface area contributed by atoms with E-state index in [4.69, 9.17) is 21.4 Å². The molecule has 0 amide bonds. The molecule has 1 N–H and O–H groups in total. The summed E-state index contributed by atoms with van der Waals surface area (Å²) in [6.07, 6.45) is 0. The zero-order chi connectivity index (χ0) is 12.4. The van der Waals surface area contributed by atoms with Gasteiger partial charge in [0.2, 0.25) is 0 Å². The van der Waals surface area contributed by atoms with E-state index >= 15 is 0 Å². The zero-order valence-electron chi connectivity index (χ0n) is 8.94. The number of ether oxygens (including phenoxy) is 1. The van der Waals surface area contributed by atoms with Gasteiger partial charge in [0.05, 0.1) is 12.1 Å². The number of halogens is 1. The first-order chi connectivity index (χ1) is 8.11. The van der Waals surface area contributed by atoms with E-state index < -0.39 is 5.97 Å². The number of benzene rings is 1.